The van der Waals surface area contributed by atoms with E-state index >= 15 is 0 Å². The van der Waals surface area contributed by atoms with Crippen molar-refractivity contribution in [2.24, 2.45) is 0 Å². The normalized spacial score (nSPS) is 12.2. The van der Waals surface area contributed by atoms with Crippen LogP contribution in [0.4, 0.5) is 0 Å². The molecule has 0 atom stereocenters. The predicted molar refractivity (Wildman–Crippen MR) is 133 cm³/mol. The molecule has 0 aliphatic carbocycles. The van der Waals surface area contributed by atoms with Gasteiger partial charge in [-0.25, -0.2) is 9.38 Å². The minimum absolute atomic E-state index is 0.0465. The smallest absolute Gasteiger partial charge is 0.274 e. The second kappa shape index (κ2) is 7.44. The molecule has 0 bridgehead atoms. The second-order valence-corrected chi connectivity index (χ2v) is 9.01. The molecule has 0 spiro atoms. The van der Waals surface area contributed by atoms with Crippen molar-refractivity contribution in [3.05, 3.63) is 110 Å². The van der Waals surface area contributed by atoms with Crippen molar-refractivity contribution in [1.82, 2.24) is 14.0 Å². The zero-order valence-electron chi connectivity index (χ0n) is 17.8. The van der Waals surface area contributed by atoms with Gasteiger partial charge in [0.1, 0.15) is 0 Å². The van der Waals surface area contributed by atoms with Crippen molar-refractivity contribution in [2.45, 2.75) is 13.5 Å². The molecule has 0 fully saturated rings. The Balaban J connectivity index is 1.58. The van der Waals surface area contributed by atoms with E-state index in [1.807, 2.05) is 66.7 Å². The lowest BCUT2D eigenvalue weighted by molar-refractivity contribution is 0.802. The van der Waals surface area contributed by atoms with Gasteiger partial charge in [-0.15, -0.1) is 0 Å². The van der Waals surface area contributed by atoms with Crippen LogP contribution in [0.2, 0.25) is 0 Å². The molecule has 158 valence electrons. The van der Waals surface area contributed by atoms with Gasteiger partial charge in [0.05, 0.1) is 27.2 Å². The zero-order chi connectivity index (χ0) is 22.5. The van der Waals surface area contributed by atoms with E-state index in [1.165, 1.54) is 11.3 Å². The van der Waals surface area contributed by atoms with Crippen LogP contribution in [0.15, 0.2) is 77.6 Å². The fourth-order valence-electron chi connectivity index (χ4n) is 4.52. The van der Waals surface area contributed by atoms with Crippen LogP contribution in [0.1, 0.15) is 22.4 Å². The van der Waals surface area contributed by atoms with E-state index in [0.29, 0.717) is 21.6 Å². The first-order valence-corrected chi connectivity index (χ1v) is 11.4. The highest BCUT2D eigenvalue weighted by Gasteiger charge is 2.16. The van der Waals surface area contributed by atoms with Crippen molar-refractivity contribution in [3.8, 4) is 6.07 Å². The third-order valence-electron chi connectivity index (χ3n) is 6.17. The Bertz CT molecular complexity index is 1850. The van der Waals surface area contributed by atoms with Crippen molar-refractivity contribution < 1.29 is 0 Å². The highest BCUT2D eigenvalue weighted by Crippen LogP contribution is 2.28. The molecule has 3 aromatic carbocycles. The third kappa shape index (κ3) is 2.98. The van der Waals surface area contributed by atoms with E-state index in [4.69, 9.17) is 0 Å². The van der Waals surface area contributed by atoms with E-state index in [2.05, 4.69) is 34.7 Å². The molecule has 6 rings (SSSR count). The van der Waals surface area contributed by atoms with Gasteiger partial charge in [-0.1, -0.05) is 59.9 Å². The van der Waals surface area contributed by atoms with Crippen LogP contribution >= 0.6 is 11.3 Å². The van der Waals surface area contributed by atoms with Gasteiger partial charge in [0.25, 0.3) is 5.56 Å². The summed E-state index contributed by atoms with van der Waals surface area (Å²) in [6.45, 7) is 2.66. The summed E-state index contributed by atoms with van der Waals surface area (Å²) in [6, 6.07) is 25.9. The first kappa shape index (κ1) is 19.5. The summed E-state index contributed by atoms with van der Waals surface area (Å²) in [5, 5.41) is 10.6. The Hall–Kier alpha value is -4.21. The standard InChI is InChI=1S/C27H18N4OS/c1-17-21(14-25-26(32)31-24-13-7-5-11-22(24)29-27(31)33-25)20-10-4-6-12-23(20)30(17)16-19-9-3-2-8-18(19)15-28/h2-14H,16H2,1H3/b25-14-. The third-order valence-corrected chi connectivity index (χ3v) is 7.14. The van der Waals surface area contributed by atoms with Crippen LogP contribution in [0.3, 0.4) is 0 Å². The van der Waals surface area contributed by atoms with Gasteiger partial charge in [-0.05, 0) is 42.8 Å². The van der Waals surface area contributed by atoms with Gasteiger partial charge in [0.2, 0.25) is 0 Å². The summed E-state index contributed by atoms with van der Waals surface area (Å²) < 4.78 is 4.58. The first-order chi connectivity index (χ1) is 16.2. The molecular formula is C27H18N4OS. The number of rotatable bonds is 3. The first-order valence-electron chi connectivity index (χ1n) is 10.6. The van der Waals surface area contributed by atoms with E-state index in [1.54, 1.807) is 4.40 Å². The Morgan fingerprint density at radius 1 is 1.00 bits per heavy atom. The number of nitrogens with zero attached hydrogens (tertiary/aromatic N) is 4. The van der Waals surface area contributed by atoms with E-state index < -0.39 is 0 Å². The number of aromatic nitrogens is 3. The van der Waals surface area contributed by atoms with Gasteiger partial charge >= 0.3 is 0 Å². The van der Waals surface area contributed by atoms with Gasteiger partial charge < -0.3 is 4.57 Å². The Kier molecular flexibility index (Phi) is 4.39. The molecule has 3 heterocycles. The Labute approximate surface area is 193 Å². The van der Waals surface area contributed by atoms with Gasteiger partial charge in [0, 0.05) is 28.7 Å². The molecule has 0 aliphatic heterocycles. The summed E-state index contributed by atoms with van der Waals surface area (Å²) in [4.78, 5) is 18.6. The molecule has 0 saturated carbocycles. The Morgan fingerprint density at radius 2 is 1.73 bits per heavy atom. The lowest BCUT2D eigenvalue weighted by Crippen LogP contribution is -2.22. The second-order valence-electron chi connectivity index (χ2n) is 8.01. The summed E-state index contributed by atoms with van der Waals surface area (Å²) in [5.74, 6) is 0. The molecule has 33 heavy (non-hydrogen) atoms. The molecule has 6 aromatic rings. The summed E-state index contributed by atoms with van der Waals surface area (Å²) in [7, 11) is 0. The van der Waals surface area contributed by atoms with E-state index in [9.17, 15) is 10.1 Å². The van der Waals surface area contributed by atoms with Crippen LogP contribution in [-0.4, -0.2) is 14.0 Å². The van der Waals surface area contributed by atoms with Gasteiger partial charge in [-0.3, -0.25) is 4.79 Å². The van der Waals surface area contributed by atoms with Crippen LogP contribution in [-0.2, 0) is 6.54 Å². The quantitative estimate of drug-likeness (QED) is 0.398. The van der Waals surface area contributed by atoms with Crippen molar-refractivity contribution in [2.75, 3.05) is 0 Å². The molecule has 0 amide bonds. The maximum absolute atomic E-state index is 13.3. The number of fused-ring (bicyclic) bond motifs is 4. The maximum atomic E-state index is 13.3. The predicted octanol–water partition coefficient (Wildman–Crippen LogP) is 4.64. The molecule has 0 aliphatic rings. The van der Waals surface area contributed by atoms with Crippen molar-refractivity contribution >= 4 is 44.3 Å². The molecule has 0 saturated heterocycles. The molecule has 3 aromatic heterocycles. The number of benzene rings is 3. The molecule has 5 nitrogen and oxygen atoms in total. The average Bonchev–Trinajstić information content (AvgIpc) is 3.45. The number of para-hydroxylation sites is 3. The van der Waals surface area contributed by atoms with E-state index in [-0.39, 0.29) is 5.56 Å². The summed E-state index contributed by atoms with van der Waals surface area (Å²) in [5.41, 5.74) is 6.42. The molecule has 0 N–H and O–H groups in total. The van der Waals surface area contributed by atoms with Gasteiger partial charge in [0.15, 0.2) is 4.96 Å². The number of imidazole rings is 1. The lowest BCUT2D eigenvalue weighted by Gasteiger charge is -2.10. The summed E-state index contributed by atoms with van der Waals surface area (Å²) >= 11 is 1.41. The number of nitriles is 1. The number of hydrogen-bond donors (Lipinski definition) is 0. The summed E-state index contributed by atoms with van der Waals surface area (Å²) in [6.07, 6.45) is 1.99. The fraction of sp³-hybridized carbons (Fsp3) is 0.0741. The van der Waals surface area contributed by atoms with Crippen LogP contribution in [0, 0.1) is 18.3 Å². The molecular weight excluding hydrogens is 428 g/mol. The molecule has 0 unspecified atom stereocenters. The van der Waals surface area contributed by atoms with Crippen LogP contribution in [0.5, 0.6) is 0 Å². The van der Waals surface area contributed by atoms with Crippen LogP contribution in [0.25, 0.3) is 33.0 Å². The zero-order valence-corrected chi connectivity index (χ0v) is 18.6. The minimum Gasteiger partial charge on any atom is -0.340 e. The van der Waals surface area contributed by atoms with E-state index in [0.717, 1.165) is 38.8 Å². The number of hydrogen-bond acceptors (Lipinski definition) is 4. The van der Waals surface area contributed by atoms with Gasteiger partial charge in [-0.2, -0.15) is 5.26 Å². The molecule has 0 radical (unpaired) electrons. The maximum Gasteiger partial charge on any atom is 0.274 e. The monoisotopic (exact) mass is 446 g/mol. The highest BCUT2D eigenvalue weighted by atomic mass is 32.1. The Morgan fingerprint density at radius 3 is 2.58 bits per heavy atom. The number of thiazole rings is 1. The van der Waals surface area contributed by atoms with Crippen molar-refractivity contribution in [3.63, 3.8) is 0 Å². The highest BCUT2D eigenvalue weighted by molar-refractivity contribution is 7.15. The lowest BCUT2D eigenvalue weighted by atomic mass is 10.1. The fourth-order valence-corrected chi connectivity index (χ4v) is 5.49. The molecule has 6 heteroatoms. The topological polar surface area (TPSA) is 63.1 Å². The largest absolute Gasteiger partial charge is 0.340 e. The average molecular weight is 447 g/mol. The van der Waals surface area contributed by atoms with Crippen molar-refractivity contribution in [1.29, 1.82) is 5.26 Å². The minimum atomic E-state index is -0.0465. The SMILES string of the molecule is Cc1c(/C=c2\sc3nc4ccccc4n3c2=O)c2ccccc2n1Cc1ccccc1C#N. The van der Waals surface area contributed by atoms with Crippen LogP contribution < -0.4 is 10.1 Å².